The molecule has 1 saturated heterocycles. The molecule has 0 atom stereocenters. The summed E-state index contributed by atoms with van der Waals surface area (Å²) < 4.78 is 5.31. The van der Waals surface area contributed by atoms with Crippen molar-refractivity contribution < 1.29 is 14.1 Å². The van der Waals surface area contributed by atoms with Crippen molar-refractivity contribution in [2.24, 2.45) is 0 Å². The number of piperazine rings is 1. The predicted octanol–water partition coefficient (Wildman–Crippen LogP) is 0.439. The molecule has 0 saturated carbocycles. The van der Waals surface area contributed by atoms with Gasteiger partial charge in [0.25, 0.3) is 5.89 Å². The van der Waals surface area contributed by atoms with Crippen LogP contribution in [-0.2, 0) is 15.1 Å². The molecule has 0 aliphatic carbocycles. The van der Waals surface area contributed by atoms with Crippen LogP contribution in [0.5, 0.6) is 0 Å². The molecule has 2 aromatic rings. The van der Waals surface area contributed by atoms with Crippen LogP contribution in [0.1, 0.15) is 26.6 Å². The van der Waals surface area contributed by atoms with Gasteiger partial charge in [0.15, 0.2) is 5.82 Å². The lowest BCUT2D eigenvalue weighted by Gasteiger charge is -2.28. The van der Waals surface area contributed by atoms with E-state index in [0.717, 1.165) is 12.2 Å². The summed E-state index contributed by atoms with van der Waals surface area (Å²) in [5, 5.41) is 9.52. The highest BCUT2D eigenvalue weighted by molar-refractivity contribution is 5.82. The van der Waals surface area contributed by atoms with E-state index in [1.54, 1.807) is 26.1 Å². The minimum atomic E-state index is -0.754. The maximum Gasteiger partial charge on any atom is 0.276 e. The van der Waals surface area contributed by atoms with E-state index in [4.69, 9.17) is 4.52 Å². The fraction of sp³-hybridized carbons (Fsp3) is 0.438. The van der Waals surface area contributed by atoms with Crippen molar-refractivity contribution in [1.82, 2.24) is 25.8 Å². The number of hydrogen-bond acceptors (Lipinski definition) is 7. The Morgan fingerprint density at radius 2 is 2.24 bits per heavy atom. The number of hydrogen-bond donors (Lipinski definition) is 2. The van der Waals surface area contributed by atoms with Gasteiger partial charge in [0.2, 0.25) is 11.8 Å². The summed E-state index contributed by atoms with van der Waals surface area (Å²) in [4.78, 5) is 33.5. The highest BCUT2D eigenvalue weighted by atomic mass is 16.5. The van der Waals surface area contributed by atoms with Gasteiger partial charge >= 0.3 is 0 Å². The van der Waals surface area contributed by atoms with Crippen LogP contribution in [0.25, 0.3) is 11.6 Å². The fourth-order valence-corrected chi connectivity index (χ4v) is 2.67. The SMILES string of the molecule is CC(=O)NC(C)(C)c1noc(-c2cc(N3CCNC(=O)C3)ccn2)n1. The smallest absolute Gasteiger partial charge is 0.276 e. The highest BCUT2D eigenvalue weighted by Gasteiger charge is 2.28. The van der Waals surface area contributed by atoms with Crippen LogP contribution >= 0.6 is 0 Å². The maximum atomic E-state index is 11.6. The summed E-state index contributed by atoms with van der Waals surface area (Å²) >= 11 is 0. The van der Waals surface area contributed by atoms with E-state index in [1.807, 2.05) is 11.0 Å². The van der Waals surface area contributed by atoms with Gasteiger partial charge in [0, 0.05) is 31.9 Å². The second-order valence-electron chi connectivity index (χ2n) is 6.40. The Kier molecular flexibility index (Phi) is 4.39. The average Bonchev–Trinajstić information content (AvgIpc) is 3.05. The molecule has 1 aliphatic heterocycles. The number of aromatic nitrogens is 3. The first kappa shape index (κ1) is 16.9. The number of nitrogens with zero attached hydrogens (tertiary/aromatic N) is 4. The molecular weight excluding hydrogens is 324 g/mol. The summed E-state index contributed by atoms with van der Waals surface area (Å²) in [7, 11) is 0. The molecule has 9 nitrogen and oxygen atoms in total. The molecule has 25 heavy (non-hydrogen) atoms. The molecule has 0 aromatic carbocycles. The first-order chi connectivity index (χ1) is 11.8. The lowest BCUT2D eigenvalue weighted by Crippen LogP contribution is -2.47. The third-order valence-corrected chi connectivity index (χ3v) is 3.84. The Balaban J connectivity index is 1.84. The zero-order valence-electron chi connectivity index (χ0n) is 14.4. The Morgan fingerprint density at radius 3 is 2.96 bits per heavy atom. The van der Waals surface area contributed by atoms with Crippen molar-refractivity contribution in [3.05, 3.63) is 24.2 Å². The van der Waals surface area contributed by atoms with Gasteiger partial charge in [0.05, 0.1) is 12.1 Å². The minimum Gasteiger partial charge on any atom is -0.360 e. The Bertz CT molecular complexity index is 801. The first-order valence-electron chi connectivity index (χ1n) is 7.96. The second-order valence-corrected chi connectivity index (χ2v) is 6.40. The van der Waals surface area contributed by atoms with Crippen molar-refractivity contribution in [2.75, 3.05) is 24.5 Å². The van der Waals surface area contributed by atoms with E-state index in [1.165, 1.54) is 6.92 Å². The third kappa shape index (κ3) is 3.76. The molecular formula is C16H20N6O3. The van der Waals surface area contributed by atoms with Gasteiger partial charge in [0.1, 0.15) is 5.69 Å². The molecule has 9 heteroatoms. The minimum absolute atomic E-state index is 0.0123. The maximum absolute atomic E-state index is 11.6. The van der Waals surface area contributed by atoms with E-state index in [2.05, 4.69) is 25.8 Å². The fourth-order valence-electron chi connectivity index (χ4n) is 2.67. The third-order valence-electron chi connectivity index (χ3n) is 3.84. The molecule has 132 valence electrons. The van der Waals surface area contributed by atoms with Crippen molar-refractivity contribution in [3.63, 3.8) is 0 Å². The Labute approximate surface area is 144 Å². The zero-order chi connectivity index (χ0) is 18.0. The molecule has 0 bridgehead atoms. The molecule has 1 aliphatic rings. The van der Waals surface area contributed by atoms with E-state index in [-0.39, 0.29) is 17.7 Å². The molecule has 1 fully saturated rings. The molecule has 0 spiro atoms. The number of nitrogens with one attached hydrogen (secondary N) is 2. The molecule has 3 heterocycles. The van der Waals surface area contributed by atoms with Crippen LogP contribution in [-0.4, -0.2) is 46.6 Å². The van der Waals surface area contributed by atoms with Gasteiger partial charge in [-0.05, 0) is 26.0 Å². The molecule has 3 rings (SSSR count). The molecule has 2 N–H and O–H groups in total. The van der Waals surface area contributed by atoms with Crippen LogP contribution < -0.4 is 15.5 Å². The number of carbonyl (C=O) groups excluding carboxylic acids is 2. The first-order valence-corrected chi connectivity index (χ1v) is 7.96. The number of anilines is 1. The Morgan fingerprint density at radius 1 is 1.44 bits per heavy atom. The highest BCUT2D eigenvalue weighted by Crippen LogP contribution is 2.24. The van der Waals surface area contributed by atoms with E-state index in [9.17, 15) is 9.59 Å². The van der Waals surface area contributed by atoms with Crippen molar-refractivity contribution in [1.29, 1.82) is 0 Å². The quantitative estimate of drug-likeness (QED) is 0.827. The van der Waals surface area contributed by atoms with Crippen LogP contribution in [0, 0.1) is 0 Å². The second kappa shape index (κ2) is 6.50. The monoisotopic (exact) mass is 344 g/mol. The van der Waals surface area contributed by atoms with Crippen molar-refractivity contribution >= 4 is 17.5 Å². The summed E-state index contributed by atoms with van der Waals surface area (Å²) in [6.07, 6.45) is 1.64. The average molecular weight is 344 g/mol. The van der Waals surface area contributed by atoms with Gasteiger partial charge in [-0.1, -0.05) is 5.16 Å². The summed E-state index contributed by atoms with van der Waals surface area (Å²) in [5.41, 5.74) is 0.623. The normalized spacial score (nSPS) is 15.0. The van der Waals surface area contributed by atoms with Crippen LogP contribution in [0.2, 0.25) is 0 Å². The lowest BCUT2D eigenvalue weighted by molar-refractivity contribution is -0.121. The number of pyridine rings is 1. The van der Waals surface area contributed by atoms with Crippen molar-refractivity contribution in [2.45, 2.75) is 26.3 Å². The number of amides is 2. The van der Waals surface area contributed by atoms with Crippen molar-refractivity contribution in [3.8, 4) is 11.6 Å². The van der Waals surface area contributed by atoms with Gasteiger partial charge in [-0.3, -0.25) is 14.6 Å². The number of carbonyl (C=O) groups is 2. The lowest BCUT2D eigenvalue weighted by atomic mass is 10.1. The van der Waals surface area contributed by atoms with Gasteiger partial charge in [-0.2, -0.15) is 4.98 Å². The molecule has 2 aromatic heterocycles. The zero-order valence-corrected chi connectivity index (χ0v) is 14.4. The predicted molar refractivity (Wildman–Crippen MR) is 89.6 cm³/mol. The number of rotatable bonds is 4. The molecule has 0 radical (unpaired) electrons. The Hall–Kier alpha value is -2.97. The van der Waals surface area contributed by atoms with E-state index < -0.39 is 5.54 Å². The van der Waals surface area contributed by atoms with Crippen LogP contribution in [0.3, 0.4) is 0 Å². The van der Waals surface area contributed by atoms with Gasteiger partial charge < -0.3 is 20.1 Å². The van der Waals surface area contributed by atoms with E-state index in [0.29, 0.717) is 24.6 Å². The van der Waals surface area contributed by atoms with Crippen LogP contribution in [0.15, 0.2) is 22.9 Å². The molecule has 2 amide bonds. The molecule has 0 unspecified atom stereocenters. The summed E-state index contributed by atoms with van der Waals surface area (Å²) in [5.74, 6) is 0.431. The summed E-state index contributed by atoms with van der Waals surface area (Å²) in [6, 6.07) is 3.64. The topological polar surface area (TPSA) is 113 Å². The standard InChI is InChI=1S/C16H20N6O3/c1-10(23)20-16(2,3)15-19-14(25-21-15)12-8-11(4-5-17-12)22-7-6-18-13(24)9-22/h4-5,8H,6-7,9H2,1-3H3,(H,18,24)(H,20,23). The largest absolute Gasteiger partial charge is 0.360 e. The van der Waals surface area contributed by atoms with Gasteiger partial charge in [-0.25, -0.2) is 0 Å². The van der Waals surface area contributed by atoms with Crippen LogP contribution in [0.4, 0.5) is 5.69 Å². The van der Waals surface area contributed by atoms with Gasteiger partial charge in [-0.15, -0.1) is 0 Å². The van der Waals surface area contributed by atoms with E-state index >= 15 is 0 Å². The summed E-state index contributed by atoms with van der Waals surface area (Å²) in [6.45, 7) is 6.64.